The van der Waals surface area contributed by atoms with Gasteiger partial charge in [0.1, 0.15) is 6.33 Å². The van der Waals surface area contributed by atoms with Gasteiger partial charge in [-0.05, 0) is 24.1 Å². The van der Waals surface area contributed by atoms with E-state index in [2.05, 4.69) is 15.0 Å². The lowest BCUT2D eigenvalue weighted by molar-refractivity contribution is -0.130. The third-order valence-electron chi connectivity index (χ3n) is 3.91. The Bertz CT molecular complexity index is 621. The molecular formula is C17H20N4O2. The summed E-state index contributed by atoms with van der Waals surface area (Å²) in [5.41, 5.74) is 1.92. The van der Waals surface area contributed by atoms with Gasteiger partial charge in [-0.3, -0.25) is 9.78 Å². The lowest BCUT2D eigenvalue weighted by Gasteiger charge is -2.23. The highest BCUT2D eigenvalue weighted by molar-refractivity contribution is 5.78. The van der Waals surface area contributed by atoms with E-state index >= 15 is 0 Å². The SMILES string of the molecule is O=C(Cc1cccnc1)N1CCOCC(Cc2ccncn2)C1. The van der Waals surface area contributed by atoms with Crippen molar-refractivity contribution in [3.05, 3.63) is 54.4 Å². The van der Waals surface area contributed by atoms with Gasteiger partial charge in [0.05, 0.1) is 19.6 Å². The first-order chi connectivity index (χ1) is 11.3. The van der Waals surface area contributed by atoms with Crippen LogP contribution in [0.1, 0.15) is 11.3 Å². The summed E-state index contributed by atoms with van der Waals surface area (Å²) in [6.45, 7) is 2.57. The van der Waals surface area contributed by atoms with Crippen LogP contribution >= 0.6 is 0 Å². The van der Waals surface area contributed by atoms with Gasteiger partial charge >= 0.3 is 0 Å². The first-order valence-electron chi connectivity index (χ1n) is 7.80. The van der Waals surface area contributed by atoms with Crippen LogP contribution in [0.2, 0.25) is 0 Å². The lowest BCUT2D eigenvalue weighted by Crippen LogP contribution is -2.37. The highest BCUT2D eigenvalue weighted by Gasteiger charge is 2.23. The molecule has 23 heavy (non-hydrogen) atoms. The molecule has 3 rings (SSSR count). The van der Waals surface area contributed by atoms with Crippen LogP contribution in [0.5, 0.6) is 0 Å². The summed E-state index contributed by atoms with van der Waals surface area (Å²) in [7, 11) is 0. The second-order valence-electron chi connectivity index (χ2n) is 5.72. The number of carbonyl (C=O) groups excluding carboxylic acids is 1. The summed E-state index contributed by atoms with van der Waals surface area (Å²) < 4.78 is 5.66. The van der Waals surface area contributed by atoms with Gasteiger partial charge in [0, 0.05) is 43.3 Å². The number of carbonyl (C=O) groups is 1. The molecule has 1 aliphatic heterocycles. The molecule has 0 radical (unpaired) electrons. The molecule has 120 valence electrons. The van der Waals surface area contributed by atoms with Crippen molar-refractivity contribution in [1.29, 1.82) is 0 Å². The topological polar surface area (TPSA) is 68.2 Å². The maximum absolute atomic E-state index is 12.5. The molecule has 2 aromatic rings. The predicted octanol–water partition coefficient (Wildman–Crippen LogP) is 1.13. The van der Waals surface area contributed by atoms with Crippen LogP contribution in [0.4, 0.5) is 0 Å². The van der Waals surface area contributed by atoms with E-state index in [9.17, 15) is 4.79 Å². The molecule has 0 saturated carbocycles. The molecule has 1 atom stereocenters. The van der Waals surface area contributed by atoms with Crippen LogP contribution in [0.3, 0.4) is 0 Å². The third kappa shape index (κ3) is 4.56. The van der Waals surface area contributed by atoms with Crippen molar-refractivity contribution in [3.63, 3.8) is 0 Å². The smallest absolute Gasteiger partial charge is 0.227 e. The van der Waals surface area contributed by atoms with Crippen molar-refractivity contribution in [2.75, 3.05) is 26.3 Å². The van der Waals surface area contributed by atoms with E-state index in [-0.39, 0.29) is 11.8 Å². The summed E-state index contributed by atoms with van der Waals surface area (Å²) in [5.74, 6) is 0.376. The minimum Gasteiger partial charge on any atom is -0.379 e. The molecule has 1 unspecified atom stereocenters. The van der Waals surface area contributed by atoms with E-state index in [1.807, 2.05) is 23.1 Å². The molecule has 0 aromatic carbocycles. The fourth-order valence-electron chi connectivity index (χ4n) is 2.75. The molecule has 0 spiro atoms. The zero-order valence-electron chi connectivity index (χ0n) is 13.0. The zero-order valence-corrected chi connectivity index (χ0v) is 13.0. The number of aromatic nitrogens is 3. The summed E-state index contributed by atoms with van der Waals surface area (Å²) in [6.07, 6.45) is 7.92. The third-order valence-corrected chi connectivity index (χ3v) is 3.91. The summed E-state index contributed by atoms with van der Waals surface area (Å²) in [6, 6.07) is 5.69. The Balaban J connectivity index is 1.61. The minimum atomic E-state index is 0.121. The van der Waals surface area contributed by atoms with Gasteiger partial charge in [0.25, 0.3) is 0 Å². The molecule has 3 heterocycles. The van der Waals surface area contributed by atoms with E-state index in [0.717, 1.165) is 17.7 Å². The lowest BCUT2D eigenvalue weighted by atomic mass is 10.0. The molecule has 1 amide bonds. The number of rotatable bonds is 4. The van der Waals surface area contributed by atoms with E-state index in [0.29, 0.717) is 32.7 Å². The number of hydrogen-bond acceptors (Lipinski definition) is 5. The average Bonchev–Trinajstić information content (AvgIpc) is 2.82. The molecule has 0 N–H and O–H groups in total. The van der Waals surface area contributed by atoms with Gasteiger partial charge in [0.2, 0.25) is 5.91 Å². The number of ether oxygens (including phenoxy) is 1. The molecule has 1 fully saturated rings. The Morgan fingerprint density at radius 3 is 3.04 bits per heavy atom. The molecule has 0 bridgehead atoms. The quantitative estimate of drug-likeness (QED) is 0.846. The van der Waals surface area contributed by atoms with Crippen molar-refractivity contribution in [2.45, 2.75) is 12.8 Å². The molecular weight excluding hydrogens is 292 g/mol. The van der Waals surface area contributed by atoms with Gasteiger partial charge in [-0.25, -0.2) is 9.97 Å². The van der Waals surface area contributed by atoms with Crippen molar-refractivity contribution in [3.8, 4) is 0 Å². The van der Waals surface area contributed by atoms with Gasteiger partial charge in [0.15, 0.2) is 0 Å². The number of hydrogen-bond donors (Lipinski definition) is 0. The van der Waals surface area contributed by atoms with Crippen molar-refractivity contribution in [2.24, 2.45) is 5.92 Å². The second kappa shape index (κ2) is 7.78. The molecule has 1 aliphatic rings. The zero-order chi connectivity index (χ0) is 15.9. The normalized spacial score (nSPS) is 18.4. The highest BCUT2D eigenvalue weighted by atomic mass is 16.5. The summed E-state index contributed by atoms with van der Waals surface area (Å²) >= 11 is 0. The van der Waals surface area contributed by atoms with Gasteiger partial charge in [-0.15, -0.1) is 0 Å². The van der Waals surface area contributed by atoms with Gasteiger partial charge in [-0.2, -0.15) is 0 Å². The second-order valence-corrected chi connectivity index (χ2v) is 5.72. The maximum atomic E-state index is 12.5. The Labute approximate surface area is 135 Å². The molecule has 2 aromatic heterocycles. The Hall–Kier alpha value is -2.34. The Morgan fingerprint density at radius 1 is 1.30 bits per heavy atom. The van der Waals surface area contributed by atoms with Crippen LogP contribution < -0.4 is 0 Å². The number of amides is 1. The number of nitrogens with zero attached hydrogens (tertiary/aromatic N) is 4. The van der Waals surface area contributed by atoms with Crippen LogP contribution in [0, 0.1) is 5.92 Å². The average molecular weight is 312 g/mol. The number of pyridine rings is 1. The fourth-order valence-corrected chi connectivity index (χ4v) is 2.75. The van der Waals surface area contributed by atoms with E-state index in [4.69, 9.17) is 4.74 Å². The van der Waals surface area contributed by atoms with Crippen LogP contribution in [0.15, 0.2) is 43.1 Å². The predicted molar refractivity (Wildman–Crippen MR) is 84.6 cm³/mol. The molecule has 0 aliphatic carbocycles. The Morgan fingerprint density at radius 2 is 2.26 bits per heavy atom. The van der Waals surface area contributed by atoms with E-state index < -0.39 is 0 Å². The van der Waals surface area contributed by atoms with E-state index in [1.165, 1.54) is 0 Å². The van der Waals surface area contributed by atoms with Crippen molar-refractivity contribution < 1.29 is 9.53 Å². The molecule has 6 nitrogen and oxygen atoms in total. The van der Waals surface area contributed by atoms with Crippen molar-refractivity contribution in [1.82, 2.24) is 19.9 Å². The fraction of sp³-hybridized carbons (Fsp3) is 0.412. The van der Waals surface area contributed by atoms with Gasteiger partial charge < -0.3 is 9.64 Å². The summed E-state index contributed by atoms with van der Waals surface area (Å²) in [5, 5.41) is 0. The van der Waals surface area contributed by atoms with Gasteiger partial charge in [-0.1, -0.05) is 6.07 Å². The highest BCUT2D eigenvalue weighted by Crippen LogP contribution is 2.13. The first-order valence-corrected chi connectivity index (χ1v) is 7.80. The van der Waals surface area contributed by atoms with E-state index in [1.54, 1.807) is 24.9 Å². The molecule has 1 saturated heterocycles. The van der Waals surface area contributed by atoms with Crippen molar-refractivity contribution >= 4 is 5.91 Å². The van der Waals surface area contributed by atoms with Crippen LogP contribution in [0.25, 0.3) is 0 Å². The van der Waals surface area contributed by atoms with Crippen LogP contribution in [-0.4, -0.2) is 52.1 Å². The summed E-state index contributed by atoms with van der Waals surface area (Å²) in [4.78, 5) is 26.7. The Kier molecular flexibility index (Phi) is 5.26. The first kappa shape index (κ1) is 15.6. The standard InChI is InChI=1S/C17H20N4O2/c22-17(9-14-2-1-4-18-10-14)21-6-7-23-12-15(11-21)8-16-3-5-19-13-20-16/h1-5,10,13,15H,6-9,11-12H2. The minimum absolute atomic E-state index is 0.121. The largest absolute Gasteiger partial charge is 0.379 e. The maximum Gasteiger partial charge on any atom is 0.227 e. The monoisotopic (exact) mass is 312 g/mol. The molecule has 6 heteroatoms. The van der Waals surface area contributed by atoms with Crippen LogP contribution in [-0.2, 0) is 22.4 Å².